The molecule has 0 radical (unpaired) electrons. The fourth-order valence-electron chi connectivity index (χ4n) is 8.65. The third-order valence-corrected chi connectivity index (χ3v) is 12.1. The van der Waals surface area contributed by atoms with Gasteiger partial charge >= 0.3 is 0 Å². The van der Waals surface area contributed by atoms with E-state index in [4.69, 9.17) is 5.73 Å². The highest BCUT2D eigenvalue weighted by Crippen LogP contribution is 2.41. The second-order valence-corrected chi connectivity index (χ2v) is 16.6. The van der Waals surface area contributed by atoms with Gasteiger partial charge in [0.15, 0.2) is 0 Å². The summed E-state index contributed by atoms with van der Waals surface area (Å²) >= 11 is 0. The molecular formula is C63H50N4. The zero-order chi connectivity index (χ0) is 45.4. The highest BCUT2D eigenvalue weighted by atomic mass is 15.1. The lowest BCUT2D eigenvalue weighted by atomic mass is 10.0. The summed E-state index contributed by atoms with van der Waals surface area (Å²) in [4.78, 5) is 4.69. The summed E-state index contributed by atoms with van der Waals surface area (Å²) in [6.45, 7) is 2.09. The van der Waals surface area contributed by atoms with Crippen LogP contribution in [0.3, 0.4) is 0 Å². The molecule has 4 heteroatoms. The minimum Gasteiger partial charge on any atom is -0.399 e. The molecule has 0 aliphatic rings. The lowest BCUT2D eigenvalue weighted by Crippen LogP contribution is -2.10. The van der Waals surface area contributed by atoms with E-state index in [2.05, 4.69) is 265 Å². The van der Waals surface area contributed by atoms with Gasteiger partial charge in [-0.3, -0.25) is 0 Å². The molecule has 11 aromatic rings. The summed E-state index contributed by atoms with van der Waals surface area (Å²) in [5, 5.41) is 8.30. The van der Waals surface area contributed by atoms with E-state index in [1.54, 1.807) is 0 Å². The molecular weight excluding hydrogens is 813 g/mol. The van der Waals surface area contributed by atoms with Crippen molar-refractivity contribution in [3.05, 3.63) is 272 Å². The topological polar surface area (TPSA) is 44.5 Å². The lowest BCUT2D eigenvalue weighted by molar-refractivity contribution is 1.29. The average Bonchev–Trinajstić information content (AvgIpc) is 3.39. The van der Waals surface area contributed by atoms with Gasteiger partial charge in [-0.2, -0.15) is 0 Å². The number of nitrogen functional groups attached to an aromatic ring is 1. The van der Waals surface area contributed by atoms with Gasteiger partial charge in [-0.05, 0) is 137 Å². The quantitative estimate of drug-likeness (QED) is 0.134. The summed E-state index contributed by atoms with van der Waals surface area (Å²) in [5.74, 6) is 0. The zero-order valence-electron chi connectivity index (χ0n) is 37.4. The molecule has 11 rings (SSSR count). The molecule has 322 valence electrons. The Bertz CT molecular complexity index is 3180. The highest BCUT2D eigenvalue weighted by Gasteiger charge is 2.17. The van der Waals surface area contributed by atoms with Crippen molar-refractivity contribution in [3.63, 3.8) is 0 Å². The van der Waals surface area contributed by atoms with Crippen LogP contribution in [0.1, 0.15) is 5.56 Å². The first-order valence-electron chi connectivity index (χ1n) is 22.7. The van der Waals surface area contributed by atoms with Crippen LogP contribution in [-0.4, -0.2) is 0 Å². The number of benzene rings is 11. The molecule has 11 aromatic carbocycles. The lowest BCUT2D eigenvalue weighted by Gasteiger charge is -2.27. The molecule has 3 N–H and O–H groups in total. The first-order chi connectivity index (χ1) is 33.0. The largest absolute Gasteiger partial charge is 0.399 e. The summed E-state index contributed by atoms with van der Waals surface area (Å²) < 4.78 is 0. The van der Waals surface area contributed by atoms with Crippen LogP contribution >= 0.6 is 0 Å². The molecule has 0 aromatic heterocycles. The van der Waals surface area contributed by atoms with E-state index in [0.717, 1.165) is 51.2 Å². The Kier molecular flexibility index (Phi) is 12.2. The normalized spacial score (nSPS) is 10.8. The molecule has 0 aliphatic heterocycles. The first kappa shape index (κ1) is 42.1. The zero-order valence-corrected chi connectivity index (χ0v) is 37.4. The Morgan fingerprint density at radius 3 is 1.06 bits per heavy atom. The van der Waals surface area contributed by atoms with E-state index in [-0.39, 0.29) is 0 Å². The van der Waals surface area contributed by atoms with Crippen LogP contribution in [0.2, 0.25) is 0 Å². The molecule has 0 fully saturated rings. The molecule has 0 bridgehead atoms. The van der Waals surface area contributed by atoms with Gasteiger partial charge in [0.2, 0.25) is 0 Å². The second kappa shape index (κ2) is 19.5. The average molecular weight is 863 g/mol. The molecule has 0 saturated heterocycles. The number of hydrogen-bond donors (Lipinski definition) is 2. The Hall–Kier alpha value is -8.86. The summed E-state index contributed by atoms with van der Waals surface area (Å²) in [7, 11) is 0. The van der Waals surface area contributed by atoms with Gasteiger partial charge in [-0.1, -0.05) is 175 Å². The Morgan fingerprint density at radius 1 is 0.299 bits per heavy atom. The van der Waals surface area contributed by atoms with Crippen LogP contribution in [0, 0.1) is 6.92 Å². The maximum absolute atomic E-state index is 5.72. The summed E-state index contributed by atoms with van der Waals surface area (Å²) in [6, 6.07) is 93.9. The van der Waals surface area contributed by atoms with Gasteiger partial charge in [0.05, 0.1) is 11.4 Å². The van der Waals surface area contributed by atoms with Crippen LogP contribution in [0.25, 0.3) is 43.8 Å². The maximum atomic E-state index is 5.72. The van der Waals surface area contributed by atoms with Crippen molar-refractivity contribution >= 4 is 72.7 Å². The van der Waals surface area contributed by atoms with Gasteiger partial charge < -0.3 is 20.9 Å². The Morgan fingerprint density at radius 2 is 0.627 bits per heavy atom. The number of nitrogens with zero attached hydrogens (tertiary/aromatic N) is 2. The molecule has 0 aliphatic carbocycles. The highest BCUT2D eigenvalue weighted by molar-refractivity contribution is 6.00. The predicted octanol–water partition coefficient (Wildman–Crippen LogP) is 17.6. The van der Waals surface area contributed by atoms with E-state index >= 15 is 0 Å². The Balaban J connectivity index is 0.000000209. The van der Waals surface area contributed by atoms with E-state index in [0.29, 0.717) is 0 Å². The van der Waals surface area contributed by atoms with Crippen LogP contribution < -0.4 is 20.9 Å². The molecule has 67 heavy (non-hydrogen) atoms. The minimum absolute atomic E-state index is 0.788. The van der Waals surface area contributed by atoms with E-state index in [1.165, 1.54) is 49.4 Å². The van der Waals surface area contributed by atoms with Gasteiger partial charge in [0, 0.05) is 50.6 Å². The second-order valence-electron chi connectivity index (χ2n) is 16.6. The smallest absolute Gasteiger partial charge is 0.0540 e. The van der Waals surface area contributed by atoms with Gasteiger partial charge in [0.25, 0.3) is 0 Å². The monoisotopic (exact) mass is 862 g/mol. The number of fused-ring (bicyclic) bond motifs is 2. The fraction of sp³-hybridized carbons (Fsp3) is 0.0159. The molecule has 0 atom stereocenters. The molecule has 0 amide bonds. The predicted molar refractivity (Wildman–Crippen MR) is 287 cm³/mol. The van der Waals surface area contributed by atoms with Crippen LogP contribution in [0.4, 0.5) is 51.2 Å². The van der Waals surface area contributed by atoms with E-state index < -0.39 is 0 Å². The summed E-state index contributed by atoms with van der Waals surface area (Å²) in [5.41, 5.74) is 21.5. The van der Waals surface area contributed by atoms with Crippen LogP contribution in [0.5, 0.6) is 0 Å². The molecule has 0 spiro atoms. The van der Waals surface area contributed by atoms with Gasteiger partial charge in [-0.25, -0.2) is 0 Å². The fourth-order valence-corrected chi connectivity index (χ4v) is 8.65. The Labute approximate surface area is 393 Å². The molecule has 0 saturated carbocycles. The first-order valence-corrected chi connectivity index (χ1v) is 22.7. The number of nitrogens with one attached hydrogen (secondary N) is 1. The van der Waals surface area contributed by atoms with Crippen LogP contribution in [-0.2, 0) is 0 Å². The molecule has 0 unspecified atom stereocenters. The van der Waals surface area contributed by atoms with Gasteiger partial charge in [0.1, 0.15) is 0 Å². The number of hydrogen-bond acceptors (Lipinski definition) is 4. The van der Waals surface area contributed by atoms with Crippen molar-refractivity contribution in [2.45, 2.75) is 6.92 Å². The number of para-hydroxylation sites is 2. The SMILES string of the molecule is Cc1ccc(Nc2ccc(-c3ccc(N)cc3)cc2)cc1.c1ccc(N(c2ccc(-c3ccc(N(c4ccccc4)c4cccc5ccccc45)cc3)cc2)c2cccc3ccccc23)cc1. The van der Waals surface area contributed by atoms with Crippen molar-refractivity contribution in [1.29, 1.82) is 0 Å². The number of rotatable bonds is 10. The minimum atomic E-state index is 0.788. The van der Waals surface area contributed by atoms with E-state index in [1.807, 2.05) is 24.3 Å². The van der Waals surface area contributed by atoms with Crippen LogP contribution in [0.15, 0.2) is 267 Å². The van der Waals surface area contributed by atoms with E-state index in [9.17, 15) is 0 Å². The third kappa shape index (κ3) is 9.51. The number of nitrogens with two attached hydrogens (primary N) is 1. The van der Waals surface area contributed by atoms with Crippen molar-refractivity contribution in [2.75, 3.05) is 20.9 Å². The maximum Gasteiger partial charge on any atom is 0.0540 e. The van der Waals surface area contributed by atoms with Crippen molar-refractivity contribution in [2.24, 2.45) is 0 Å². The number of aryl methyl sites for hydroxylation is 1. The van der Waals surface area contributed by atoms with Gasteiger partial charge in [-0.15, -0.1) is 0 Å². The van der Waals surface area contributed by atoms with Crippen molar-refractivity contribution < 1.29 is 0 Å². The summed E-state index contributed by atoms with van der Waals surface area (Å²) in [6.07, 6.45) is 0. The third-order valence-electron chi connectivity index (χ3n) is 12.1. The standard InChI is InChI=1S/C44H32N2.C19H18N2/c1-3-17-37(18-4-1)45(43-23-11-15-35-13-7-9-21-41(35)43)39-29-25-33(26-30-39)34-27-31-40(32-28-34)46(38-19-5-2-6-20-38)44-24-12-16-36-14-8-10-22-42(36)44;1-14-2-10-18(11-3-14)21-19-12-6-16(7-13-19)15-4-8-17(20)9-5-15/h1-32H;2-13,21H,20H2,1H3. The number of anilines is 9. The molecule has 0 heterocycles. The molecule has 4 nitrogen and oxygen atoms in total. The van der Waals surface area contributed by atoms with Crippen molar-refractivity contribution in [1.82, 2.24) is 0 Å². The van der Waals surface area contributed by atoms with Crippen molar-refractivity contribution in [3.8, 4) is 22.3 Å².